The Kier molecular flexibility index (Phi) is 8.65. The van der Waals surface area contributed by atoms with Crippen LogP contribution < -0.4 is 4.90 Å². The van der Waals surface area contributed by atoms with Crippen LogP contribution in [0.5, 0.6) is 0 Å². The molecule has 2 unspecified atom stereocenters. The van der Waals surface area contributed by atoms with Gasteiger partial charge in [-0.05, 0) is 70.2 Å². The predicted molar refractivity (Wildman–Crippen MR) is 151 cm³/mol. The van der Waals surface area contributed by atoms with Gasteiger partial charge in [0.2, 0.25) is 5.91 Å². The molecule has 3 fully saturated rings. The number of anilines is 1. The Balaban J connectivity index is 1.70. The second kappa shape index (κ2) is 11.4. The third-order valence-corrected chi connectivity index (χ3v) is 10.4. The molecule has 0 saturated carbocycles. The van der Waals surface area contributed by atoms with Gasteiger partial charge in [-0.15, -0.1) is 24.9 Å². The highest BCUT2D eigenvalue weighted by Gasteiger charge is 2.78. The summed E-state index contributed by atoms with van der Waals surface area (Å²) >= 11 is 7.68. The minimum Gasteiger partial charge on any atom is -0.465 e. The van der Waals surface area contributed by atoms with Gasteiger partial charge < -0.3 is 19.6 Å². The summed E-state index contributed by atoms with van der Waals surface area (Å²) in [6.45, 7) is 11.5. The minimum atomic E-state index is -0.838. The number of thioether (sulfide) groups is 1. The van der Waals surface area contributed by atoms with E-state index in [1.165, 1.54) is 4.90 Å². The quantitative estimate of drug-likeness (QED) is 0.228. The van der Waals surface area contributed by atoms with E-state index in [0.29, 0.717) is 30.2 Å². The van der Waals surface area contributed by atoms with Crippen LogP contribution in [0, 0.1) is 11.8 Å². The van der Waals surface area contributed by atoms with E-state index in [-0.39, 0.29) is 30.9 Å². The van der Waals surface area contributed by atoms with Crippen molar-refractivity contribution in [3.63, 3.8) is 0 Å². The lowest BCUT2D eigenvalue weighted by Gasteiger charge is -2.38. The topological polar surface area (TPSA) is 87.1 Å². The highest BCUT2D eigenvalue weighted by Crippen LogP contribution is 2.71. The van der Waals surface area contributed by atoms with E-state index in [9.17, 15) is 19.5 Å². The zero-order chi connectivity index (χ0) is 27.7. The maximum Gasteiger partial charge on any atom is 0.311 e. The number of unbranched alkanes of at least 4 members (excludes halogenated alkanes) is 2. The molecule has 1 N–H and O–H groups in total. The predicted octanol–water partition coefficient (Wildman–Crippen LogP) is 4.62. The lowest BCUT2D eigenvalue weighted by atomic mass is 9.66. The van der Waals surface area contributed by atoms with Gasteiger partial charge in [-0.1, -0.05) is 23.8 Å². The number of hydrogen-bond donors (Lipinski definition) is 1. The summed E-state index contributed by atoms with van der Waals surface area (Å²) in [7, 11) is 0. The number of carbonyl (C=O) groups excluding carboxylic acids is 3. The molecule has 38 heavy (non-hydrogen) atoms. The lowest BCUT2D eigenvalue weighted by Crippen LogP contribution is -2.57. The molecule has 206 valence electrons. The first-order valence-electron chi connectivity index (χ1n) is 13.2. The van der Waals surface area contributed by atoms with Gasteiger partial charge in [0.1, 0.15) is 6.04 Å². The zero-order valence-corrected chi connectivity index (χ0v) is 23.7. The second-order valence-electron chi connectivity index (χ2n) is 10.7. The number of esters is 1. The van der Waals surface area contributed by atoms with E-state index in [1.54, 1.807) is 53.9 Å². The van der Waals surface area contributed by atoms with Crippen molar-refractivity contribution in [1.82, 2.24) is 4.90 Å². The summed E-state index contributed by atoms with van der Waals surface area (Å²) < 4.78 is 4.41. The fourth-order valence-electron chi connectivity index (χ4n) is 6.44. The number of hydrogen-bond acceptors (Lipinski definition) is 6. The number of rotatable bonds is 12. The van der Waals surface area contributed by atoms with E-state index in [4.69, 9.17) is 16.3 Å². The summed E-state index contributed by atoms with van der Waals surface area (Å²) in [5.41, 5.74) is 0.641. The first-order valence-corrected chi connectivity index (χ1v) is 14.4. The Bertz CT molecular complexity index is 1100. The molecule has 0 radical (unpaired) electrons. The average Bonchev–Trinajstić information content (AvgIpc) is 3.47. The summed E-state index contributed by atoms with van der Waals surface area (Å²) in [6, 6.07) is 5.54. The number of carbonyl (C=O) groups is 3. The van der Waals surface area contributed by atoms with Gasteiger partial charge in [-0.3, -0.25) is 14.4 Å². The number of benzene rings is 1. The van der Waals surface area contributed by atoms with Crippen LogP contribution >= 0.6 is 23.4 Å². The summed E-state index contributed by atoms with van der Waals surface area (Å²) in [6.07, 6.45) is 7.26. The Hall–Kier alpha value is -2.29. The number of ether oxygens (including phenoxy) is 1. The number of aliphatic hydroxyl groups excluding tert-OH is 1. The van der Waals surface area contributed by atoms with Crippen LogP contribution in [0.4, 0.5) is 5.69 Å². The maximum atomic E-state index is 14.4. The van der Waals surface area contributed by atoms with Crippen molar-refractivity contribution in [2.24, 2.45) is 11.8 Å². The van der Waals surface area contributed by atoms with Gasteiger partial charge in [-0.2, -0.15) is 0 Å². The van der Waals surface area contributed by atoms with E-state index < -0.39 is 33.4 Å². The number of likely N-dealkylation sites (tertiary alicyclic amines) is 1. The molecule has 0 aromatic heterocycles. The summed E-state index contributed by atoms with van der Waals surface area (Å²) in [5.74, 6) is -2.22. The van der Waals surface area contributed by atoms with Gasteiger partial charge in [-0.25, -0.2) is 0 Å². The van der Waals surface area contributed by atoms with Gasteiger partial charge in [0.25, 0.3) is 5.91 Å². The molecule has 0 aliphatic carbocycles. The van der Waals surface area contributed by atoms with Crippen LogP contribution in [0.15, 0.2) is 49.6 Å². The molecule has 3 aliphatic heterocycles. The molecule has 1 aromatic carbocycles. The minimum absolute atomic E-state index is 0.241. The molecular weight excluding hydrogens is 524 g/mol. The number of halogens is 1. The SMILES string of the molecule is C=CCCCCOC(=O)[C@@H]1[C@H]2C(=O)N([C@H](C)CO)C(C(=O)N(CC=C)c3ccc(Cl)cc3)C23CC[C@@]1(C)S3. The first-order chi connectivity index (χ1) is 18.1. The molecule has 3 saturated heterocycles. The highest BCUT2D eigenvalue weighted by molar-refractivity contribution is 8.02. The molecule has 1 aromatic rings. The van der Waals surface area contributed by atoms with Crippen molar-refractivity contribution < 1.29 is 24.2 Å². The molecule has 1 spiro atoms. The summed E-state index contributed by atoms with van der Waals surface area (Å²) in [5, 5.41) is 10.6. The average molecular weight is 561 g/mol. The monoisotopic (exact) mass is 560 g/mol. The molecule has 7 nitrogen and oxygen atoms in total. The normalized spacial score (nSPS) is 30.2. The van der Waals surface area contributed by atoms with Crippen LogP contribution in [0.25, 0.3) is 0 Å². The smallest absolute Gasteiger partial charge is 0.311 e. The van der Waals surface area contributed by atoms with Crippen molar-refractivity contribution >= 4 is 46.8 Å². The van der Waals surface area contributed by atoms with Crippen LogP contribution in [0.3, 0.4) is 0 Å². The molecule has 6 atom stereocenters. The van der Waals surface area contributed by atoms with Gasteiger partial charge in [0.15, 0.2) is 0 Å². The van der Waals surface area contributed by atoms with E-state index in [2.05, 4.69) is 13.2 Å². The molecule has 3 aliphatic rings. The van der Waals surface area contributed by atoms with E-state index in [0.717, 1.165) is 19.3 Å². The second-order valence-corrected chi connectivity index (χ2v) is 13.0. The number of aliphatic hydroxyl groups is 1. The molecule has 4 rings (SSSR count). The Labute approximate surface area is 234 Å². The largest absolute Gasteiger partial charge is 0.465 e. The molecule has 3 heterocycles. The highest BCUT2D eigenvalue weighted by atomic mass is 35.5. The molecule has 9 heteroatoms. The van der Waals surface area contributed by atoms with Crippen LogP contribution in [-0.4, -0.2) is 69.1 Å². The fraction of sp³-hybridized carbons (Fsp3) is 0.552. The van der Waals surface area contributed by atoms with Crippen molar-refractivity contribution in [3.05, 3.63) is 54.6 Å². The Morgan fingerprint density at radius 1 is 1.26 bits per heavy atom. The summed E-state index contributed by atoms with van der Waals surface area (Å²) in [4.78, 5) is 45.1. The third-order valence-electron chi connectivity index (χ3n) is 8.20. The van der Waals surface area contributed by atoms with E-state index >= 15 is 0 Å². The van der Waals surface area contributed by atoms with Gasteiger partial charge >= 0.3 is 5.97 Å². The molecule has 2 bridgehead atoms. The maximum absolute atomic E-state index is 14.4. The van der Waals surface area contributed by atoms with Crippen LogP contribution in [0.1, 0.15) is 46.0 Å². The first kappa shape index (κ1) is 28.7. The number of nitrogens with zero attached hydrogens (tertiary/aromatic N) is 2. The number of allylic oxidation sites excluding steroid dienone is 1. The number of amides is 2. The van der Waals surface area contributed by atoms with Crippen molar-refractivity contribution in [2.45, 2.75) is 67.5 Å². The Morgan fingerprint density at radius 3 is 2.61 bits per heavy atom. The van der Waals surface area contributed by atoms with Crippen molar-refractivity contribution in [1.29, 1.82) is 0 Å². The molecular formula is C29H37ClN2O5S. The van der Waals surface area contributed by atoms with Crippen LogP contribution in [-0.2, 0) is 19.1 Å². The van der Waals surface area contributed by atoms with E-state index in [1.807, 2.05) is 13.0 Å². The standard InChI is InChI=1S/C29H37ClN2O5S/c1-5-7-8-9-17-37-27(36)23-22-25(34)32(19(3)18-33)24(29(22)15-14-28(23,4)38-29)26(35)31(16-6-2)21-12-10-20(30)11-13-21/h5-6,10-13,19,22-24,33H,1-2,7-9,14-18H2,3-4H3/t19-,22+,23+,24?,28-,29?/m1/s1. The van der Waals surface area contributed by atoms with Crippen molar-refractivity contribution in [2.75, 3.05) is 24.7 Å². The fourth-order valence-corrected chi connectivity index (χ4v) is 8.89. The van der Waals surface area contributed by atoms with Gasteiger partial charge in [0.05, 0.1) is 35.8 Å². The van der Waals surface area contributed by atoms with Gasteiger partial charge in [0, 0.05) is 22.0 Å². The van der Waals surface area contributed by atoms with Crippen molar-refractivity contribution in [3.8, 4) is 0 Å². The van der Waals surface area contributed by atoms with Crippen LogP contribution in [0.2, 0.25) is 5.02 Å². The lowest BCUT2D eigenvalue weighted by molar-refractivity contribution is -0.156. The Morgan fingerprint density at radius 2 is 1.97 bits per heavy atom. The zero-order valence-electron chi connectivity index (χ0n) is 22.1. The molecule has 2 amide bonds. The number of fused-ring (bicyclic) bond motifs is 1. The third kappa shape index (κ3) is 4.80.